The van der Waals surface area contributed by atoms with E-state index >= 15 is 0 Å². The highest BCUT2D eigenvalue weighted by Crippen LogP contribution is 2.28. The Hall–Kier alpha value is -2.82. The zero-order valence-electron chi connectivity index (χ0n) is 13.9. The summed E-state index contributed by atoms with van der Waals surface area (Å²) in [6.45, 7) is 2.43. The van der Waals surface area contributed by atoms with Gasteiger partial charge in [0, 0.05) is 25.3 Å². The quantitative estimate of drug-likeness (QED) is 0.934. The van der Waals surface area contributed by atoms with Gasteiger partial charge in [0.25, 0.3) is 0 Å². The number of hydrogen-bond acceptors (Lipinski definition) is 3. The number of hydrogen-bond donors (Lipinski definition) is 1. The molecule has 2 aromatic rings. The number of aromatic carboxylic acids is 1. The van der Waals surface area contributed by atoms with Crippen LogP contribution in [0, 0.1) is 0 Å². The lowest BCUT2D eigenvalue weighted by molar-refractivity contribution is -0.130. The fraction of sp³-hybridized carbons (Fsp3) is 0.300. The lowest BCUT2D eigenvalue weighted by Gasteiger charge is -2.31. The zero-order valence-corrected chi connectivity index (χ0v) is 13.9. The summed E-state index contributed by atoms with van der Waals surface area (Å²) in [5.41, 5.74) is 4.82. The summed E-state index contributed by atoms with van der Waals surface area (Å²) in [6.07, 6.45) is 1.76. The predicted octanol–water partition coefficient (Wildman–Crippen LogP) is 2.33. The molecule has 0 aliphatic carbocycles. The summed E-state index contributed by atoms with van der Waals surface area (Å²) >= 11 is 0. The maximum absolute atomic E-state index is 12.8. The molecule has 0 atom stereocenters. The lowest BCUT2D eigenvalue weighted by Crippen LogP contribution is -2.42. The van der Waals surface area contributed by atoms with E-state index in [0.717, 1.165) is 36.2 Å². The SMILES string of the molecule is O=C(O)c1ccc2c(c1)CN(C(=O)CN1CCc3ccccc31)CC2. The first-order valence-corrected chi connectivity index (χ1v) is 8.57. The summed E-state index contributed by atoms with van der Waals surface area (Å²) in [5, 5.41) is 9.16. The molecule has 0 saturated carbocycles. The molecular formula is C20H20N2O3. The lowest BCUT2D eigenvalue weighted by atomic mass is 9.97. The van der Waals surface area contributed by atoms with E-state index in [9.17, 15) is 9.59 Å². The monoisotopic (exact) mass is 336 g/mol. The van der Waals surface area contributed by atoms with Crippen LogP contribution in [-0.4, -0.2) is 41.5 Å². The van der Waals surface area contributed by atoms with Crippen molar-refractivity contribution in [1.29, 1.82) is 0 Å². The van der Waals surface area contributed by atoms with E-state index in [2.05, 4.69) is 17.0 Å². The van der Waals surface area contributed by atoms with E-state index in [4.69, 9.17) is 5.11 Å². The number of carboxylic acid groups (broad SMARTS) is 1. The number of nitrogens with zero attached hydrogens (tertiary/aromatic N) is 2. The van der Waals surface area contributed by atoms with E-state index in [-0.39, 0.29) is 11.5 Å². The van der Waals surface area contributed by atoms with Crippen molar-refractivity contribution in [3.8, 4) is 0 Å². The zero-order chi connectivity index (χ0) is 17.4. The predicted molar refractivity (Wildman–Crippen MR) is 94.9 cm³/mol. The Balaban J connectivity index is 1.47. The number of rotatable bonds is 3. The van der Waals surface area contributed by atoms with E-state index in [1.165, 1.54) is 5.56 Å². The largest absolute Gasteiger partial charge is 0.478 e. The van der Waals surface area contributed by atoms with Crippen LogP contribution in [-0.2, 0) is 24.2 Å². The van der Waals surface area contributed by atoms with Crippen LogP contribution >= 0.6 is 0 Å². The Labute approximate surface area is 146 Å². The summed E-state index contributed by atoms with van der Waals surface area (Å²) in [6, 6.07) is 13.4. The molecule has 0 aromatic heterocycles. The number of carbonyl (C=O) groups excluding carboxylic acids is 1. The fourth-order valence-electron chi connectivity index (χ4n) is 3.74. The third kappa shape index (κ3) is 2.97. The smallest absolute Gasteiger partial charge is 0.335 e. The van der Waals surface area contributed by atoms with Gasteiger partial charge in [0.1, 0.15) is 0 Å². The Morgan fingerprint density at radius 3 is 2.60 bits per heavy atom. The fourth-order valence-corrected chi connectivity index (χ4v) is 3.74. The molecule has 0 spiro atoms. The molecule has 5 nitrogen and oxygen atoms in total. The number of para-hydroxylation sites is 1. The Morgan fingerprint density at radius 2 is 1.76 bits per heavy atom. The van der Waals surface area contributed by atoms with Crippen molar-refractivity contribution in [1.82, 2.24) is 4.90 Å². The van der Waals surface area contributed by atoms with Crippen molar-refractivity contribution in [2.75, 3.05) is 24.5 Å². The minimum Gasteiger partial charge on any atom is -0.478 e. The molecule has 25 heavy (non-hydrogen) atoms. The van der Waals surface area contributed by atoms with Crippen molar-refractivity contribution in [3.63, 3.8) is 0 Å². The van der Waals surface area contributed by atoms with Crippen LogP contribution < -0.4 is 4.90 Å². The molecule has 2 aromatic carbocycles. The molecule has 0 fully saturated rings. The average Bonchev–Trinajstić information content (AvgIpc) is 3.03. The molecule has 2 aliphatic heterocycles. The minimum atomic E-state index is -0.931. The number of carboxylic acids is 1. The average molecular weight is 336 g/mol. The molecule has 0 unspecified atom stereocenters. The number of benzene rings is 2. The molecule has 2 heterocycles. The Bertz CT molecular complexity index is 847. The van der Waals surface area contributed by atoms with Crippen LogP contribution in [0.3, 0.4) is 0 Å². The van der Waals surface area contributed by atoms with Crippen LogP contribution in [0.1, 0.15) is 27.0 Å². The molecule has 1 amide bonds. The number of carbonyl (C=O) groups is 2. The third-order valence-corrected chi connectivity index (χ3v) is 5.13. The van der Waals surface area contributed by atoms with Crippen molar-refractivity contribution in [2.45, 2.75) is 19.4 Å². The van der Waals surface area contributed by atoms with E-state index < -0.39 is 5.97 Å². The first-order chi connectivity index (χ1) is 12.1. The standard InChI is InChI=1S/C20H20N2O3/c23-19(13-21-9-8-15-3-1-2-4-18(15)21)22-10-7-14-5-6-16(20(24)25)11-17(14)12-22/h1-6,11H,7-10,12-13H2,(H,24,25). The molecule has 1 N–H and O–H groups in total. The maximum Gasteiger partial charge on any atom is 0.335 e. The van der Waals surface area contributed by atoms with Gasteiger partial charge in [-0.3, -0.25) is 4.79 Å². The van der Waals surface area contributed by atoms with Gasteiger partial charge in [-0.1, -0.05) is 24.3 Å². The third-order valence-electron chi connectivity index (χ3n) is 5.13. The highest BCUT2D eigenvalue weighted by Gasteiger charge is 2.26. The summed E-state index contributed by atoms with van der Waals surface area (Å²) in [5.74, 6) is -0.831. The molecule has 4 rings (SSSR count). The second-order valence-corrected chi connectivity index (χ2v) is 6.65. The molecule has 128 valence electrons. The highest BCUT2D eigenvalue weighted by molar-refractivity contribution is 5.88. The molecule has 0 bridgehead atoms. The summed E-state index contributed by atoms with van der Waals surface area (Å²) < 4.78 is 0. The van der Waals surface area contributed by atoms with E-state index in [1.807, 2.05) is 23.1 Å². The molecule has 5 heteroatoms. The normalized spacial score (nSPS) is 15.7. The van der Waals surface area contributed by atoms with Gasteiger partial charge in [-0.25, -0.2) is 4.79 Å². The van der Waals surface area contributed by atoms with Gasteiger partial charge in [0.15, 0.2) is 0 Å². The number of fused-ring (bicyclic) bond motifs is 2. The van der Waals surface area contributed by atoms with Gasteiger partial charge < -0.3 is 14.9 Å². The van der Waals surface area contributed by atoms with Crippen LogP contribution in [0.2, 0.25) is 0 Å². The van der Waals surface area contributed by atoms with Gasteiger partial charge in [-0.05, 0) is 47.7 Å². The van der Waals surface area contributed by atoms with Crippen LogP contribution in [0.5, 0.6) is 0 Å². The van der Waals surface area contributed by atoms with Gasteiger partial charge in [0.05, 0.1) is 12.1 Å². The first-order valence-electron chi connectivity index (χ1n) is 8.57. The van der Waals surface area contributed by atoms with Crippen molar-refractivity contribution in [2.24, 2.45) is 0 Å². The van der Waals surface area contributed by atoms with Crippen LogP contribution in [0.25, 0.3) is 0 Å². The Morgan fingerprint density at radius 1 is 0.960 bits per heavy atom. The number of amides is 1. The number of anilines is 1. The highest BCUT2D eigenvalue weighted by atomic mass is 16.4. The van der Waals surface area contributed by atoms with E-state index in [1.54, 1.807) is 12.1 Å². The minimum absolute atomic E-state index is 0.100. The molecule has 0 saturated heterocycles. The molecular weight excluding hydrogens is 316 g/mol. The van der Waals surface area contributed by atoms with Crippen LogP contribution in [0.4, 0.5) is 5.69 Å². The topological polar surface area (TPSA) is 60.9 Å². The second-order valence-electron chi connectivity index (χ2n) is 6.65. The molecule has 2 aliphatic rings. The van der Waals surface area contributed by atoms with Gasteiger partial charge in [-0.15, -0.1) is 0 Å². The van der Waals surface area contributed by atoms with Crippen molar-refractivity contribution in [3.05, 3.63) is 64.7 Å². The van der Waals surface area contributed by atoms with Crippen LogP contribution in [0.15, 0.2) is 42.5 Å². The van der Waals surface area contributed by atoms with Gasteiger partial charge in [0.2, 0.25) is 5.91 Å². The second kappa shape index (κ2) is 6.24. The van der Waals surface area contributed by atoms with Gasteiger partial charge >= 0.3 is 5.97 Å². The van der Waals surface area contributed by atoms with Gasteiger partial charge in [-0.2, -0.15) is 0 Å². The summed E-state index contributed by atoms with van der Waals surface area (Å²) in [4.78, 5) is 27.9. The molecule has 0 radical (unpaired) electrons. The first kappa shape index (κ1) is 15.7. The maximum atomic E-state index is 12.8. The van der Waals surface area contributed by atoms with Crippen molar-refractivity contribution >= 4 is 17.6 Å². The Kier molecular flexibility index (Phi) is 3.92. The summed E-state index contributed by atoms with van der Waals surface area (Å²) in [7, 11) is 0. The van der Waals surface area contributed by atoms with Crippen molar-refractivity contribution < 1.29 is 14.7 Å². The van der Waals surface area contributed by atoms with E-state index in [0.29, 0.717) is 19.6 Å².